The first-order valence-corrected chi connectivity index (χ1v) is 5.00. The molecule has 1 saturated heterocycles. The Labute approximate surface area is 92.0 Å². The number of nitrogens with one attached hydrogen (secondary N) is 1. The minimum absolute atomic E-state index is 0.0219. The Morgan fingerprint density at radius 1 is 1.56 bits per heavy atom. The van der Waals surface area contributed by atoms with Crippen molar-refractivity contribution in [1.29, 1.82) is 0 Å². The summed E-state index contributed by atoms with van der Waals surface area (Å²) in [6.07, 6.45) is -0.0279. The maximum atomic E-state index is 13.2. The highest BCUT2D eigenvalue weighted by Gasteiger charge is 2.24. The summed E-state index contributed by atoms with van der Waals surface area (Å²) in [5.41, 5.74) is 0.852. The van der Waals surface area contributed by atoms with E-state index in [4.69, 9.17) is 4.74 Å². The third kappa shape index (κ3) is 1.93. The molecule has 0 saturated carbocycles. The summed E-state index contributed by atoms with van der Waals surface area (Å²) in [4.78, 5) is 11.0. The fourth-order valence-corrected chi connectivity index (χ4v) is 1.79. The molecule has 0 unspecified atom stereocenters. The molecular weight excluding hydrogens is 213 g/mol. The van der Waals surface area contributed by atoms with E-state index >= 15 is 0 Å². The molecule has 0 radical (unpaired) electrons. The van der Waals surface area contributed by atoms with Gasteiger partial charge in [0.2, 0.25) is 0 Å². The molecule has 1 amide bonds. The van der Waals surface area contributed by atoms with Gasteiger partial charge in [-0.1, -0.05) is 0 Å². The zero-order chi connectivity index (χ0) is 11.7. The van der Waals surface area contributed by atoms with Crippen LogP contribution < -0.4 is 5.32 Å². The Hall–Kier alpha value is -1.78. The highest BCUT2D eigenvalue weighted by atomic mass is 19.1. The summed E-state index contributed by atoms with van der Waals surface area (Å²) in [5.74, 6) is -0.403. The number of hydrogen-bond donors (Lipinski definition) is 2. The minimum Gasteiger partial charge on any atom is -0.507 e. The van der Waals surface area contributed by atoms with Gasteiger partial charge in [0.25, 0.3) is 0 Å². The number of cyclic esters (lactones) is 1. The number of phenolic OH excluding ortho intramolecular Hbond substituents is 1. The molecule has 86 valence electrons. The second-order valence-corrected chi connectivity index (χ2v) is 3.78. The van der Waals surface area contributed by atoms with Crippen LogP contribution in [0.5, 0.6) is 5.75 Å². The smallest absolute Gasteiger partial charge is 0.407 e. The first-order chi connectivity index (χ1) is 7.58. The van der Waals surface area contributed by atoms with Crippen LogP contribution in [0.2, 0.25) is 0 Å². The predicted octanol–water partition coefficient (Wildman–Crippen LogP) is 2.01. The third-order valence-corrected chi connectivity index (χ3v) is 2.60. The number of carbonyl (C=O) groups is 1. The lowest BCUT2D eigenvalue weighted by Crippen LogP contribution is -2.35. The van der Waals surface area contributed by atoms with Gasteiger partial charge in [0.05, 0.1) is 12.6 Å². The zero-order valence-corrected chi connectivity index (χ0v) is 8.79. The molecule has 0 spiro atoms. The van der Waals surface area contributed by atoms with Crippen molar-refractivity contribution in [3.8, 4) is 5.75 Å². The molecule has 0 aromatic heterocycles. The van der Waals surface area contributed by atoms with Crippen molar-refractivity contribution in [2.24, 2.45) is 0 Å². The third-order valence-electron chi connectivity index (χ3n) is 2.60. The monoisotopic (exact) mass is 225 g/mol. The molecule has 0 aliphatic carbocycles. The molecule has 1 aliphatic heterocycles. The standard InChI is InChI=1S/C11H12FNO3/c1-6-4-7(12)5-8(10(6)14)9-2-3-16-11(15)13-9/h4-5,9,14H,2-3H2,1H3,(H,13,15)/t9-/m1/s1. The number of hydrogen-bond acceptors (Lipinski definition) is 3. The van der Waals surface area contributed by atoms with E-state index in [1.54, 1.807) is 6.92 Å². The van der Waals surface area contributed by atoms with E-state index in [0.29, 0.717) is 17.5 Å². The summed E-state index contributed by atoms with van der Waals surface area (Å²) in [6, 6.07) is 2.09. The Bertz CT molecular complexity index is 433. The van der Waals surface area contributed by atoms with Crippen molar-refractivity contribution in [2.45, 2.75) is 19.4 Å². The number of alkyl carbamates (subject to hydrolysis) is 1. The zero-order valence-electron chi connectivity index (χ0n) is 8.79. The number of aromatic hydroxyl groups is 1. The van der Waals surface area contributed by atoms with Crippen molar-refractivity contribution in [3.63, 3.8) is 0 Å². The summed E-state index contributed by atoms with van der Waals surface area (Å²) in [6.45, 7) is 1.88. The van der Waals surface area contributed by atoms with Crippen molar-refractivity contribution < 1.29 is 19.0 Å². The van der Waals surface area contributed by atoms with Crippen LogP contribution in [0.4, 0.5) is 9.18 Å². The second kappa shape index (κ2) is 4.00. The van der Waals surface area contributed by atoms with Crippen LogP contribution in [-0.2, 0) is 4.74 Å². The van der Waals surface area contributed by atoms with E-state index in [0.717, 1.165) is 0 Å². The number of amides is 1. The van der Waals surface area contributed by atoms with Gasteiger partial charge in [-0.25, -0.2) is 9.18 Å². The van der Waals surface area contributed by atoms with Crippen LogP contribution in [0.3, 0.4) is 0 Å². The van der Waals surface area contributed by atoms with Crippen LogP contribution in [-0.4, -0.2) is 17.8 Å². The summed E-state index contributed by atoms with van der Waals surface area (Å²) in [5, 5.41) is 12.3. The molecule has 1 aliphatic rings. The molecule has 1 aromatic carbocycles. The summed E-state index contributed by atoms with van der Waals surface area (Å²) >= 11 is 0. The number of carbonyl (C=O) groups excluding carboxylic acids is 1. The molecule has 2 rings (SSSR count). The molecule has 16 heavy (non-hydrogen) atoms. The highest BCUT2D eigenvalue weighted by molar-refractivity contribution is 5.69. The predicted molar refractivity (Wildman–Crippen MR) is 54.6 cm³/mol. The van der Waals surface area contributed by atoms with Crippen molar-refractivity contribution in [1.82, 2.24) is 5.32 Å². The van der Waals surface area contributed by atoms with Crippen molar-refractivity contribution in [3.05, 3.63) is 29.1 Å². The Morgan fingerprint density at radius 2 is 2.31 bits per heavy atom. The molecule has 1 atom stereocenters. The van der Waals surface area contributed by atoms with Crippen LogP contribution >= 0.6 is 0 Å². The molecule has 1 heterocycles. The van der Waals surface area contributed by atoms with E-state index in [1.165, 1.54) is 12.1 Å². The van der Waals surface area contributed by atoms with Gasteiger partial charge >= 0.3 is 6.09 Å². The average Bonchev–Trinajstić information content (AvgIpc) is 2.23. The van der Waals surface area contributed by atoms with Gasteiger partial charge in [-0.2, -0.15) is 0 Å². The van der Waals surface area contributed by atoms with Crippen LogP contribution in [0.25, 0.3) is 0 Å². The lowest BCUT2D eigenvalue weighted by Gasteiger charge is -2.24. The van der Waals surface area contributed by atoms with E-state index in [-0.39, 0.29) is 12.4 Å². The lowest BCUT2D eigenvalue weighted by atomic mass is 9.99. The maximum absolute atomic E-state index is 13.2. The number of aryl methyl sites for hydroxylation is 1. The van der Waals surface area contributed by atoms with Gasteiger partial charge in [0, 0.05) is 12.0 Å². The SMILES string of the molecule is Cc1cc(F)cc([C@H]2CCOC(=O)N2)c1O. The van der Waals surface area contributed by atoms with E-state index in [9.17, 15) is 14.3 Å². The van der Waals surface area contributed by atoms with Crippen molar-refractivity contribution in [2.75, 3.05) is 6.61 Å². The van der Waals surface area contributed by atoms with Gasteiger partial charge in [-0.05, 0) is 24.6 Å². The fraction of sp³-hybridized carbons (Fsp3) is 0.364. The van der Waals surface area contributed by atoms with Crippen molar-refractivity contribution >= 4 is 6.09 Å². The first-order valence-electron chi connectivity index (χ1n) is 5.00. The second-order valence-electron chi connectivity index (χ2n) is 3.78. The van der Waals surface area contributed by atoms with Crippen LogP contribution in [0, 0.1) is 12.7 Å². The maximum Gasteiger partial charge on any atom is 0.407 e. The number of benzene rings is 1. The number of phenols is 1. The Kier molecular flexibility index (Phi) is 2.68. The molecule has 5 heteroatoms. The van der Waals surface area contributed by atoms with E-state index in [2.05, 4.69) is 5.32 Å². The summed E-state index contributed by atoms with van der Waals surface area (Å²) in [7, 11) is 0. The van der Waals surface area contributed by atoms with E-state index < -0.39 is 18.0 Å². The van der Waals surface area contributed by atoms with Crippen LogP contribution in [0.1, 0.15) is 23.6 Å². The molecular formula is C11H12FNO3. The van der Waals surface area contributed by atoms with Gasteiger partial charge in [0.1, 0.15) is 11.6 Å². The fourth-order valence-electron chi connectivity index (χ4n) is 1.79. The lowest BCUT2D eigenvalue weighted by molar-refractivity contribution is 0.115. The number of halogens is 1. The minimum atomic E-state index is -0.544. The van der Waals surface area contributed by atoms with Gasteiger partial charge in [0.15, 0.2) is 0 Å². The number of rotatable bonds is 1. The summed E-state index contributed by atoms with van der Waals surface area (Å²) < 4.78 is 17.9. The molecule has 1 fully saturated rings. The molecule has 1 aromatic rings. The molecule has 4 nitrogen and oxygen atoms in total. The quantitative estimate of drug-likeness (QED) is 0.768. The molecule has 2 N–H and O–H groups in total. The average molecular weight is 225 g/mol. The molecule has 0 bridgehead atoms. The Morgan fingerprint density at radius 3 is 3.00 bits per heavy atom. The first kappa shape index (κ1) is 10.7. The van der Waals surface area contributed by atoms with Gasteiger partial charge in [-0.15, -0.1) is 0 Å². The topological polar surface area (TPSA) is 58.6 Å². The Balaban J connectivity index is 2.35. The normalized spacial score (nSPS) is 20.1. The highest BCUT2D eigenvalue weighted by Crippen LogP contribution is 2.31. The van der Waals surface area contributed by atoms with E-state index in [1.807, 2.05) is 0 Å². The van der Waals surface area contributed by atoms with Gasteiger partial charge < -0.3 is 15.2 Å². The van der Waals surface area contributed by atoms with Crippen LogP contribution in [0.15, 0.2) is 12.1 Å². The van der Waals surface area contributed by atoms with Gasteiger partial charge in [-0.3, -0.25) is 0 Å². The largest absolute Gasteiger partial charge is 0.507 e. The number of ether oxygens (including phenoxy) is 1.